The first-order chi connectivity index (χ1) is 12.7. The molecule has 0 aliphatic carbocycles. The number of Topliss-reactive ketones (excluding diaryl/α,β-unsaturated/α-hetero) is 1. The summed E-state index contributed by atoms with van der Waals surface area (Å²) in [6.45, 7) is -0.416. The van der Waals surface area contributed by atoms with Gasteiger partial charge in [0.05, 0.1) is 31.2 Å². The summed E-state index contributed by atoms with van der Waals surface area (Å²) in [5, 5.41) is 2.37. The van der Waals surface area contributed by atoms with E-state index < -0.39 is 35.9 Å². The number of benzene rings is 2. The third kappa shape index (κ3) is 5.67. The number of ether oxygens (including phenoxy) is 1. The summed E-state index contributed by atoms with van der Waals surface area (Å²) in [4.78, 5) is 35.3. The van der Waals surface area contributed by atoms with E-state index >= 15 is 0 Å². The van der Waals surface area contributed by atoms with Gasteiger partial charge in [-0.1, -0.05) is 24.3 Å². The smallest absolute Gasteiger partial charge is 0.416 e. The molecule has 0 spiro atoms. The number of ketones is 1. The van der Waals surface area contributed by atoms with E-state index in [9.17, 15) is 27.6 Å². The van der Waals surface area contributed by atoms with E-state index in [2.05, 4.69) is 10.1 Å². The van der Waals surface area contributed by atoms with Crippen LogP contribution in [0.4, 0.5) is 13.2 Å². The SMILES string of the molecule is COC(=O)c1ccc(CC(=O)NCC(=O)c2cccc(C(F)(F)F)c2)cc1. The Morgan fingerprint density at radius 1 is 1.00 bits per heavy atom. The summed E-state index contributed by atoms with van der Waals surface area (Å²) in [6, 6.07) is 10.2. The zero-order chi connectivity index (χ0) is 20.0. The number of rotatable bonds is 6. The highest BCUT2D eigenvalue weighted by atomic mass is 19.4. The van der Waals surface area contributed by atoms with Crippen molar-refractivity contribution in [1.29, 1.82) is 0 Å². The van der Waals surface area contributed by atoms with Gasteiger partial charge in [-0.15, -0.1) is 0 Å². The zero-order valence-electron chi connectivity index (χ0n) is 14.3. The molecule has 1 N–H and O–H groups in total. The Bertz CT molecular complexity index is 845. The minimum atomic E-state index is -4.55. The van der Waals surface area contributed by atoms with Gasteiger partial charge in [-0.25, -0.2) is 4.79 Å². The highest BCUT2D eigenvalue weighted by Gasteiger charge is 2.30. The van der Waals surface area contributed by atoms with E-state index in [0.717, 1.165) is 18.2 Å². The summed E-state index contributed by atoms with van der Waals surface area (Å²) in [5.74, 6) is -1.60. The lowest BCUT2D eigenvalue weighted by molar-refractivity contribution is -0.137. The number of carbonyl (C=O) groups is 3. The molecular formula is C19H16F3NO4. The van der Waals surface area contributed by atoms with Gasteiger partial charge in [0.2, 0.25) is 5.91 Å². The monoisotopic (exact) mass is 379 g/mol. The van der Waals surface area contributed by atoms with Crippen molar-refractivity contribution in [2.75, 3.05) is 13.7 Å². The predicted molar refractivity (Wildman–Crippen MR) is 90.3 cm³/mol. The van der Waals surface area contributed by atoms with Crippen LogP contribution in [0.25, 0.3) is 0 Å². The molecule has 0 aliphatic rings. The maximum atomic E-state index is 12.7. The quantitative estimate of drug-likeness (QED) is 0.619. The van der Waals surface area contributed by atoms with E-state index in [4.69, 9.17) is 0 Å². The number of amides is 1. The van der Waals surface area contributed by atoms with Gasteiger partial charge in [0.1, 0.15) is 0 Å². The fraction of sp³-hybridized carbons (Fsp3) is 0.211. The Morgan fingerprint density at radius 2 is 1.67 bits per heavy atom. The number of carbonyl (C=O) groups excluding carboxylic acids is 3. The third-order valence-corrected chi connectivity index (χ3v) is 3.70. The predicted octanol–water partition coefficient (Wildman–Crippen LogP) is 3.03. The maximum absolute atomic E-state index is 12.7. The largest absolute Gasteiger partial charge is 0.465 e. The summed E-state index contributed by atoms with van der Waals surface area (Å²) < 4.78 is 42.6. The fourth-order valence-electron chi connectivity index (χ4n) is 2.27. The van der Waals surface area contributed by atoms with Crippen molar-refractivity contribution in [1.82, 2.24) is 5.32 Å². The summed E-state index contributed by atoms with van der Waals surface area (Å²) in [7, 11) is 1.26. The van der Waals surface area contributed by atoms with Crippen molar-refractivity contribution in [3.05, 3.63) is 70.8 Å². The van der Waals surface area contributed by atoms with Crippen LogP contribution in [0.15, 0.2) is 48.5 Å². The second-order valence-corrected chi connectivity index (χ2v) is 5.64. The lowest BCUT2D eigenvalue weighted by Gasteiger charge is -2.09. The Hall–Kier alpha value is -3.16. The molecule has 0 aliphatic heterocycles. The third-order valence-electron chi connectivity index (χ3n) is 3.70. The minimum absolute atomic E-state index is 0.0443. The Morgan fingerprint density at radius 3 is 2.26 bits per heavy atom. The average Bonchev–Trinajstić information content (AvgIpc) is 2.65. The highest BCUT2D eigenvalue weighted by Crippen LogP contribution is 2.29. The molecule has 0 radical (unpaired) electrons. The number of halogens is 3. The van der Waals surface area contributed by atoms with Crippen LogP contribution in [0, 0.1) is 0 Å². The van der Waals surface area contributed by atoms with Crippen LogP contribution in [0.2, 0.25) is 0 Å². The molecule has 27 heavy (non-hydrogen) atoms. The number of nitrogens with one attached hydrogen (secondary N) is 1. The molecule has 2 aromatic carbocycles. The summed E-state index contributed by atoms with van der Waals surface area (Å²) in [5.41, 5.74) is -0.119. The molecule has 0 bridgehead atoms. The molecule has 142 valence electrons. The summed E-state index contributed by atoms with van der Waals surface area (Å²) >= 11 is 0. The van der Waals surface area contributed by atoms with Crippen LogP contribution in [0.3, 0.4) is 0 Å². The minimum Gasteiger partial charge on any atom is -0.465 e. The number of esters is 1. The molecule has 0 saturated heterocycles. The van der Waals surface area contributed by atoms with Gasteiger partial charge in [0.15, 0.2) is 5.78 Å². The van der Waals surface area contributed by atoms with E-state index in [1.807, 2.05) is 0 Å². The number of hydrogen-bond donors (Lipinski definition) is 1. The zero-order valence-corrected chi connectivity index (χ0v) is 14.3. The molecule has 5 nitrogen and oxygen atoms in total. The van der Waals surface area contributed by atoms with E-state index in [-0.39, 0.29) is 12.0 Å². The topological polar surface area (TPSA) is 72.5 Å². The standard InChI is InChI=1S/C19H16F3NO4/c1-27-18(26)13-7-5-12(6-8-13)9-17(25)23-11-16(24)14-3-2-4-15(10-14)19(20,21)22/h2-8,10H,9,11H2,1H3,(H,23,25). The van der Waals surface area contributed by atoms with Gasteiger partial charge < -0.3 is 10.1 Å². The van der Waals surface area contributed by atoms with Crippen LogP contribution >= 0.6 is 0 Å². The molecule has 0 fully saturated rings. The molecule has 0 unspecified atom stereocenters. The first-order valence-corrected chi connectivity index (χ1v) is 7.85. The second kappa shape index (κ2) is 8.48. The molecular weight excluding hydrogens is 363 g/mol. The molecule has 1 amide bonds. The van der Waals surface area contributed by atoms with Crippen molar-refractivity contribution >= 4 is 17.7 Å². The molecule has 0 heterocycles. The van der Waals surface area contributed by atoms with Crippen molar-refractivity contribution < 1.29 is 32.3 Å². The highest BCUT2D eigenvalue weighted by molar-refractivity contribution is 5.99. The van der Waals surface area contributed by atoms with Crippen molar-refractivity contribution in [2.24, 2.45) is 0 Å². The van der Waals surface area contributed by atoms with Crippen LogP contribution < -0.4 is 5.32 Å². The van der Waals surface area contributed by atoms with Gasteiger partial charge >= 0.3 is 12.1 Å². The maximum Gasteiger partial charge on any atom is 0.416 e. The van der Waals surface area contributed by atoms with Crippen molar-refractivity contribution in [3.8, 4) is 0 Å². The lowest BCUT2D eigenvalue weighted by Crippen LogP contribution is -2.30. The molecule has 0 saturated carbocycles. The molecule has 0 aromatic heterocycles. The molecule has 2 aromatic rings. The number of hydrogen-bond acceptors (Lipinski definition) is 4. The van der Waals surface area contributed by atoms with Crippen molar-refractivity contribution in [2.45, 2.75) is 12.6 Å². The van der Waals surface area contributed by atoms with Crippen LogP contribution in [-0.4, -0.2) is 31.3 Å². The second-order valence-electron chi connectivity index (χ2n) is 5.64. The van der Waals surface area contributed by atoms with Crippen molar-refractivity contribution in [3.63, 3.8) is 0 Å². The van der Waals surface area contributed by atoms with Crippen LogP contribution in [0.5, 0.6) is 0 Å². The van der Waals surface area contributed by atoms with Gasteiger partial charge in [-0.3, -0.25) is 9.59 Å². The Balaban J connectivity index is 1.92. The number of methoxy groups -OCH3 is 1. The van der Waals surface area contributed by atoms with E-state index in [1.165, 1.54) is 25.3 Å². The molecule has 2 rings (SSSR count). The number of alkyl halides is 3. The van der Waals surface area contributed by atoms with Gasteiger partial charge in [0.25, 0.3) is 0 Å². The average molecular weight is 379 g/mol. The molecule has 0 atom stereocenters. The van der Waals surface area contributed by atoms with Gasteiger partial charge in [-0.2, -0.15) is 13.2 Å². The lowest BCUT2D eigenvalue weighted by atomic mass is 10.1. The Kier molecular flexibility index (Phi) is 6.33. The first-order valence-electron chi connectivity index (χ1n) is 7.85. The van der Waals surface area contributed by atoms with E-state index in [1.54, 1.807) is 12.1 Å². The normalized spacial score (nSPS) is 11.0. The summed E-state index contributed by atoms with van der Waals surface area (Å²) in [6.07, 6.45) is -4.59. The van der Waals surface area contributed by atoms with Gasteiger partial charge in [-0.05, 0) is 29.8 Å². The Labute approximate surface area is 153 Å². The van der Waals surface area contributed by atoms with Crippen LogP contribution in [-0.2, 0) is 22.1 Å². The van der Waals surface area contributed by atoms with Gasteiger partial charge in [0, 0.05) is 5.56 Å². The first kappa shape index (κ1) is 20.2. The van der Waals surface area contributed by atoms with Crippen LogP contribution in [0.1, 0.15) is 31.8 Å². The fourth-order valence-corrected chi connectivity index (χ4v) is 2.27. The molecule has 8 heteroatoms. The van der Waals surface area contributed by atoms with E-state index in [0.29, 0.717) is 11.1 Å².